The van der Waals surface area contributed by atoms with Crippen molar-refractivity contribution in [3.63, 3.8) is 0 Å². The Hall–Kier alpha value is -0.610. The van der Waals surface area contributed by atoms with Crippen LogP contribution in [0.5, 0.6) is 0 Å². The molecule has 116 valence electrons. The highest BCUT2D eigenvalue weighted by Gasteiger charge is 2.48. The Labute approximate surface area is 123 Å². The molecule has 0 aliphatic heterocycles. The van der Waals surface area contributed by atoms with Gasteiger partial charge in [0.15, 0.2) is 0 Å². The van der Waals surface area contributed by atoms with Crippen LogP contribution in [0, 0.1) is 5.92 Å². The third-order valence-corrected chi connectivity index (χ3v) is 5.43. The highest BCUT2D eigenvalue weighted by atomic mass is 16.5. The van der Waals surface area contributed by atoms with E-state index in [4.69, 9.17) is 4.74 Å². The topological polar surface area (TPSA) is 41.6 Å². The standard InChI is InChI=1S/C16H30N2O2/c1-4-20-15(19)16(17-2)11-6-7-13(16)10-12-18(3)14-8-5-9-14/h13-14,17H,4-12H2,1-3H3. The molecule has 1 N–H and O–H groups in total. The Morgan fingerprint density at radius 2 is 2.10 bits per heavy atom. The van der Waals surface area contributed by atoms with Crippen LogP contribution in [0.1, 0.15) is 51.9 Å². The molecule has 4 nitrogen and oxygen atoms in total. The molecule has 0 aromatic carbocycles. The Morgan fingerprint density at radius 1 is 1.35 bits per heavy atom. The highest BCUT2D eigenvalue weighted by Crippen LogP contribution is 2.39. The normalized spacial score (nSPS) is 30.5. The maximum absolute atomic E-state index is 12.4. The summed E-state index contributed by atoms with van der Waals surface area (Å²) in [7, 11) is 4.13. The largest absolute Gasteiger partial charge is 0.465 e. The van der Waals surface area contributed by atoms with Gasteiger partial charge < -0.3 is 15.0 Å². The van der Waals surface area contributed by atoms with E-state index in [0.29, 0.717) is 12.5 Å². The predicted molar refractivity (Wildman–Crippen MR) is 80.7 cm³/mol. The molecule has 0 saturated heterocycles. The number of hydrogen-bond acceptors (Lipinski definition) is 4. The molecule has 20 heavy (non-hydrogen) atoms. The lowest BCUT2D eigenvalue weighted by Gasteiger charge is -2.37. The lowest BCUT2D eigenvalue weighted by atomic mass is 9.84. The molecule has 2 saturated carbocycles. The van der Waals surface area contributed by atoms with Crippen molar-refractivity contribution in [2.24, 2.45) is 5.92 Å². The lowest BCUT2D eigenvalue weighted by Crippen LogP contribution is -2.54. The Kier molecular flexibility index (Phi) is 5.44. The smallest absolute Gasteiger partial charge is 0.326 e. The zero-order valence-electron chi connectivity index (χ0n) is 13.3. The van der Waals surface area contributed by atoms with E-state index in [1.54, 1.807) is 0 Å². The van der Waals surface area contributed by atoms with Gasteiger partial charge >= 0.3 is 5.97 Å². The summed E-state index contributed by atoms with van der Waals surface area (Å²) in [5.41, 5.74) is -0.434. The molecule has 2 rings (SSSR count). The number of nitrogens with one attached hydrogen (secondary N) is 1. The van der Waals surface area contributed by atoms with E-state index < -0.39 is 5.54 Å². The SMILES string of the molecule is CCOC(=O)C1(NC)CCCC1CCN(C)C1CCC1. The number of carbonyl (C=O) groups is 1. The van der Waals surface area contributed by atoms with Crippen molar-refractivity contribution in [3.8, 4) is 0 Å². The van der Waals surface area contributed by atoms with E-state index in [0.717, 1.165) is 38.3 Å². The van der Waals surface area contributed by atoms with E-state index in [-0.39, 0.29) is 5.97 Å². The van der Waals surface area contributed by atoms with Gasteiger partial charge in [0.1, 0.15) is 5.54 Å². The number of esters is 1. The molecule has 2 aliphatic rings. The molecular weight excluding hydrogens is 252 g/mol. The average Bonchev–Trinajstić information content (AvgIpc) is 2.78. The minimum Gasteiger partial charge on any atom is -0.465 e. The zero-order chi connectivity index (χ0) is 14.6. The summed E-state index contributed by atoms with van der Waals surface area (Å²) in [5.74, 6) is 0.366. The van der Waals surface area contributed by atoms with Gasteiger partial charge in [0.05, 0.1) is 6.61 Å². The molecule has 4 heteroatoms. The monoisotopic (exact) mass is 282 g/mol. The second-order valence-electron chi connectivity index (χ2n) is 6.38. The van der Waals surface area contributed by atoms with E-state index in [1.165, 1.54) is 19.3 Å². The third kappa shape index (κ3) is 3.01. The summed E-state index contributed by atoms with van der Waals surface area (Å²) < 4.78 is 5.32. The number of rotatable bonds is 7. The minimum absolute atomic E-state index is 0.0451. The fourth-order valence-electron chi connectivity index (χ4n) is 3.80. The Bertz CT molecular complexity index is 330. The Balaban J connectivity index is 1.92. The van der Waals surface area contributed by atoms with Crippen LogP contribution >= 0.6 is 0 Å². The first-order chi connectivity index (χ1) is 9.64. The van der Waals surface area contributed by atoms with Crippen molar-refractivity contribution in [1.29, 1.82) is 0 Å². The summed E-state index contributed by atoms with van der Waals surface area (Å²) in [5, 5.41) is 3.30. The summed E-state index contributed by atoms with van der Waals surface area (Å²) >= 11 is 0. The van der Waals surface area contributed by atoms with Crippen molar-refractivity contribution in [3.05, 3.63) is 0 Å². The van der Waals surface area contributed by atoms with Crippen molar-refractivity contribution < 1.29 is 9.53 Å². The zero-order valence-corrected chi connectivity index (χ0v) is 13.3. The average molecular weight is 282 g/mol. The molecule has 0 aromatic heterocycles. The van der Waals surface area contributed by atoms with Crippen molar-refractivity contribution in [2.45, 2.75) is 63.5 Å². The van der Waals surface area contributed by atoms with Gasteiger partial charge in [-0.1, -0.05) is 12.8 Å². The molecule has 0 amide bonds. The van der Waals surface area contributed by atoms with Crippen LogP contribution in [0.4, 0.5) is 0 Å². The Morgan fingerprint density at radius 3 is 2.65 bits per heavy atom. The van der Waals surface area contributed by atoms with Gasteiger partial charge in [-0.2, -0.15) is 0 Å². The van der Waals surface area contributed by atoms with Gasteiger partial charge in [0.2, 0.25) is 0 Å². The fourth-order valence-corrected chi connectivity index (χ4v) is 3.80. The van der Waals surface area contributed by atoms with Crippen LogP contribution in [0.2, 0.25) is 0 Å². The van der Waals surface area contributed by atoms with E-state index in [1.807, 2.05) is 14.0 Å². The van der Waals surface area contributed by atoms with Crippen LogP contribution < -0.4 is 5.32 Å². The van der Waals surface area contributed by atoms with Crippen molar-refractivity contribution in [1.82, 2.24) is 10.2 Å². The molecule has 0 bridgehead atoms. The second kappa shape index (κ2) is 6.90. The lowest BCUT2D eigenvalue weighted by molar-refractivity contribution is -0.153. The van der Waals surface area contributed by atoms with E-state index >= 15 is 0 Å². The number of ether oxygens (including phenoxy) is 1. The predicted octanol–water partition coefficient (Wildman–Crippen LogP) is 2.18. The third-order valence-electron chi connectivity index (χ3n) is 5.43. The van der Waals surface area contributed by atoms with Gasteiger partial charge in [0, 0.05) is 6.04 Å². The molecule has 0 aromatic rings. The molecule has 2 aliphatic carbocycles. The molecular formula is C16H30N2O2. The number of nitrogens with zero attached hydrogens (tertiary/aromatic N) is 1. The van der Waals surface area contributed by atoms with Crippen LogP contribution in [0.25, 0.3) is 0 Å². The first-order valence-corrected chi connectivity index (χ1v) is 8.20. The van der Waals surface area contributed by atoms with Gasteiger partial charge in [-0.05, 0) is 65.6 Å². The van der Waals surface area contributed by atoms with Gasteiger partial charge in [-0.3, -0.25) is 4.79 Å². The van der Waals surface area contributed by atoms with Crippen LogP contribution in [0.3, 0.4) is 0 Å². The summed E-state index contributed by atoms with van der Waals surface area (Å²) in [6, 6.07) is 0.781. The molecule has 0 radical (unpaired) electrons. The molecule has 0 heterocycles. The minimum atomic E-state index is -0.434. The number of hydrogen-bond donors (Lipinski definition) is 1. The molecule has 2 atom stereocenters. The van der Waals surface area contributed by atoms with Crippen LogP contribution in [-0.2, 0) is 9.53 Å². The molecule has 2 unspecified atom stereocenters. The maximum Gasteiger partial charge on any atom is 0.326 e. The van der Waals surface area contributed by atoms with Crippen LogP contribution in [0.15, 0.2) is 0 Å². The van der Waals surface area contributed by atoms with Gasteiger partial charge in [-0.25, -0.2) is 0 Å². The molecule has 0 spiro atoms. The first kappa shape index (κ1) is 15.8. The van der Waals surface area contributed by atoms with Crippen LogP contribution in [-0.4, -0.2) is 49.7 Å². The summed E-state index contributed by atoms with van der Waals surface area (Å²) in [6.07, 6.45) is 8.33. The summed E-state index contributed by atoms with van der Waals surface area (Å²) in [4.78, 5) is 14.8. The first-order valence-electron chi connectivity index (χ1n) is 8.20. The van der Waals surface area contributed by atoms with Gasteiger partial charge in [-0.15, -0.1) is 0 Å². The van der Waals surface area contributed by atoms with Crippen molar-refractivity contribution >= 4 is 5.97 Å². The van der Waals surface area contributed by atoms with Gasteiger partial charge in [0.25, 0.3) is 0 Å². The maximum atomic E-state index is 12.4. The molecule has 2 fully saturated rings. The number of carbonyl (C=O) groups excluding carboxylic acids is 1. The number of likely N-dealkylation sites (N-methyl/N-ethyl adjacent to an activating group) is 1. The second-order valence-corrected chi connectivity index (χ2v) is 6.38. The quantitative estimate of drug-likeness (QED) is 0.727. The highest BCUT2D eigenvalue weighted by molar-refractivity contribution is 5.81. The van der Waals surface area contributed by atoms with Crippen molar-refractivity contribution in [2.75, 3.05) is 27.2 Å². The summed E-state index contributed by atoms with van der Waals surface area (Å²) in [6.45, 7) is 3.45. The fraction of sp³-hybridized carbons (Fsp3) is 0.938. The van der Waals surface area contributed by atoms with E-state index in [2.05, 4.69) is 17.3 Å². The van der Waals surface area contributed by atoms with E-state index in [9.17, 15) is 4.79 Å².